The van der Waals surface area contributed by atoms with Crippen molar-refractivity contribution < 1.29 is 13.9 Å². The fourth-order valence-corrected chi connectivity index (χ4v) is 3.84. The van der Waals surface area contributed by atoms with Gasteiger partial charge in [0.15, 0.2) is 0 Å². The lowest BCUT2D eigenvalue weighted by molar-refractivity contribution is -0.113. The number of ether oxygens (including phenoxy) is 1. The number of carbonyl (C=O) groups excluding carboxylic acids is 1. The third-order valence-corrected chi connectivity index (χ3v) is 6.05. The number of anilines is 2. The average molecular weight is 526 g/mol. The Bertz CT molecular complexity index is 1380. The molecule has 0 saturated heterocycles. The second-order valence-corrected chi connectivity index (χ2v) is 8.66. The molecule has 0 bridgehead atoms. The fraction of sp³-hybridized carbons (Fsp3) is 0.0833. The zero-order valence-corrected chi connectivity index (χ0v) is 20.3. The van der Waals surface area contributed by atoms with Crippen LogP contribution >= 0.6 is 23.4 Å². The van der Waals surface area contributed by atoms with Crippen molar-refractivity contribution in [1.29, 1.82) is 0 Å². The summed E-state index contributed by atoms with van der Waals surface area (Å²) >= 11 is 7.27. The standard InChI is InChI=1S/C24H21ClFN7O2S/c25-20-10-3-1-7-17(20)14-35-21-11-4-2-6-16(21)13-28-30-23-31-32-24(33(23)27)36-15-22(34)29-19-9-5-8-18(26)12-19/h1-13H,14-15,27H2,(H,29,34)(H,30,31)/b28-13+. The molecule has 0 aliphatic rings. The number of nitrogens with one attached hydrogen (secondary N) is 2. The largest absolute Gasteiger partial charge is 0.488 e. The van der Waals surface area contributed by atoms with Crippen LogP contribution in [0.25, 0.3) is 0 Å². The van der Waals surface area contributed by atoms with Gasteiger partial charge < -0.3 is 15.9 Å². The molecular weight excluding hydrogens is 505 g/mol. The Morgan fingerprint density at radius 3 is 2.78 bits per heavy atom. The van der Waals surface area contributed by atoms with E-state index in [2.05, 4.69) is 26.0 Å². The molecule has 0 saturated carbocycles. The number of rotatable bonds is 10. The minimum Gasteiger partial charge on any atom is -0.488 e. The molecule has 36 heavy (non-hydrogen) atoms. The zero-order chi connectivity index (χ0) is 25.3. The number of nitrogens with zero attached hydrogens (tertiary/aromatic N) is 4. The van der Waals surface area contributed by atoms with Gasteiger partial charge in [0.25, 0.3) is 5.95 Å². The molecule has 1 heterocycles. The van der Waals surface area contributed by atoms with Gasteiger partial charge in [0.2, 0.25) is 11.1 Å². The van der Waals surface area contributed by atoms with Gasteiger partial charge in [0, 0.05) is 21.8 Å². The van der Waals surface area contributed by atoms with E-state index in [9.17, 15) is 9.18 Å². The number of benzene rings is 3. The highest BCUT2D eigenvalue weighted by atomic mass is 35.5. The number of amides is 1. The van der Waals surface area contributed by atoms with Crippen LogP contribution in [0.4, 0.5) is 16.0 Å². The first-order valence-electron chi connectivity index (χ1n) is 10.6. The van der Waals surface area contributed by atoms with Crippen LogP contribution in [0, 0.1) is 5.82 Å². The van der Waals surface area contributed by atoms with E-state index in [4.69, 9.17) is 22.2 Å². The number of nitrogen functional groups attached to an aromatic ring is 1. The van der Waals surface area contributed by atoms with E-state index < -0.39 is 5.82 Å². The molecule has 1 aromatic heterocycles. The zero-order valence-electron chi connectivity index (χ0n) is 18.8. The van der Waals surface area contributed by atoms with Crippen LogP contribution in [-0.2, 0) is 11.4 Å². The van der Waals surface area contributed by atoms with Crippen LogP contribution in [-0.4, -0.2) is 32.7 Å². The van der Waals surface area contributed by atoms with Crippen molar-refractivity contribution in [2.45, 2.75) is 11.8 Å². The smallest absolute Gasteiger partial charge is 0.264 e. The Balaban J connectivity index is 1.32. The second kappa shape index (κ2) is 12.0. The molecule has 0 aliphatic carbocycles. The molecule has 0 aliphatic heterocycles. The summed E-state index contributed by atoms with van der Waals surface area (Å²) < 4.78 is 20.3. The Morgan fingerprint density at radius 1 is 1.14 bits per heavy atom. The highest BCUT2D eigenvalue weighted by molar-refractivity contribution is 7.99. The maximum Gasteiger partial charge on any atom is 0.264 e. The number of aromatic nitrogens is 3. The van der Waals surface area contributed by atoms with E-state index in [1.54, 1.807) is 12.3 Å². The molecule has 0 radical (unpaired) electrons. The summed E-state index contributed by atoms with van der Waals surface area (Å²) in [5.41, 5.74) is 4.69. The van der Waals surface area contributed by atoms with Gasteiger partial charge in [-0.3, -0.25) is 4.79 Å². The molecular formula is C24H21ClFN7O2S. The van der Waals surface area contributed by atoms with Crippen LogP contribution < -0.4 is 21.3 Å². The molecule has 4 N–H and O–H groups in total. The number of hydrogen-bond acceptors (Lipinski definition) is 8. The van der Waals surface area contributed by atoms with Crippen molar-refractivity contribution in [3.63, 3.8) is 0 Å². The van der Waals surface area contributed by atoms with Gasteiger partial charge in [-0.15, -0.1) is 10.2 Å². The average Bonchev–Trinajstić information content (AvgIpc) is 3.22. The number of para-hydroxylation sites is 1. The van der Waals surface area contributed by atoms with Crippen molar-refractivity contribution in [3.05, 3.63) is 94.8 Å². The predicted octanol–water partition coefficient (Wildman–Crippen LogP) is 4.54. The van der Waals surface area contributed by atoms with Crippen molar-refractivity contribution in [3.8, 4) is 5.75 Å². The number of hydrazone groups is 1. The summed E-state index contributed by atoms with van der Waals surface area (Å²) in [7, 11) is 0. The van der Waals surface area contributed by atoms with E-state index in [0.29, 0.717) is 28.2 Å². The summed E-state index contributed by atoms with van der Waals surface area (Å²) in [6, 6.07) is 20.5. The summed E-state index contributed by atoms with van der Waals surface area (Å²) in [6.45, 7) is 0.308. The summed E-state index contributed by atoms with van der Waals surface area (Å²) in [5.74, 6) is 6.04. The van der Waals surface area contributed by atoms with Gasteiger partial charge >= 0.3 is 0 Å². The van der Waals surface area contributed by atoms with Gasteiger partial charge in [-0.1, -0.05) is 59.8 Å². The highest BCUT2D eigenvalue weighted by Gasteiger charge is 2.12. The van der Waals surface area contributed by atoms with Crippen molar-refractivity contribution in [2.24, 2.45) is 5.10 Å². The van der Waals surface area contributed by atoms with E-state index >= 15 is 0 Å². The Hall–Kier alpha value is -4.09. The lowest BCUT2D eigenvalue weighted by atomic mass is 10.2. The van der Waals surface area contributed by atoms with Crippen LogP contribution in [0.15, 0.2) is 83.1 Å². The Labute approximate surface area is 215 Å². The third kappa shape index (κ3) is 6.74. The van der Waals surface area contributed by atoms with Crippen molar-refractivity contribution in [1.82, 2.24) is 14.9 Å². The van der Waals surface area contributed by atoms with Gasteiger partial charge in [-0.05, 0) is 36.4 Å². The minimum absolute atomic E-state index is 0.00522. The van der Waals surface area contributed by atoms with Gasteiger partial charge in [0.1, 0.15) is 18.2 Å². The quantitative estimate of drug-likeness (QED) is 0.120. The number of halogens is 2. The molecule has 4 rings (SSSR count). The highest BCUT2D eigenvalue weighted by Crippen LogP contribution is 2.21. The fourth-order valence-electron chi connectivity index (χ4n) is 2.99. The predicted molar refractivity (Wildman–Crippen MR) is 139 cm³/mol. The van der Waals surface area contributed by atoms with Crippen molar-refractivity contribution >= 4 is 47.1 Å². The Morgan fingerprint density at radius 2 is 1.94 bits per heavy atom. The molecule has 12 heteroatoms. The lowest BCUT2D eigenvalue weighted by Gasteiger charge is -2.10. The van der Waals surface area contributed by atoms with Crippen LogP contribution in [0.2, 0.25) is 5.02 Å². The van der Waals surface area contributed by atoms with E-state index in [1.807, 2.05) is 48.5 Å². The molecule has 184 valence electrons. The Kier molecular flexibility index (Phi) is 8.37. The molecule has 1 amide bonds. The van der Waals surface area contributed by atoms with Crippen LogP contribution in [0.1, 0.15) is 11.1 Å². The molecule has 0 atom stereocenters. The maximum atomic E-state index is 13.3. The first-order chi connectivity index (χ1) is 17.5. The third-order valence-electron chi connectivity index (χ3n) is 4.73. The number of hydrogen-bond donors (Lipinski definition) is 3. The molecule has 0 spiro atoms. The van der Waals surface area contributed by atoms with Crippen LogP contribution in [0.5, 0.6) is 5.75 Å². The minimum atomic E-state index is -0.437. The second-order valence-electron chi connectivity index (χ2n) is 7.31. The van der Waals surface area contributed by atoms with Gasteiger partial charge in [0.05, 0.1) is 12.0 Å². The summed E-state index contributed by atoms with van der Waals surface area (Å²) in [6.07, 6.45) is 1.57. The monoisotopic (exact) mass is 525 g/mol. The normalized spacial score (nSPS) is 10.9. The SMILES string of the molecule is Nn1c(N/N=C/c2ccccc2OCc2ccccc2Cl)nnc1SCC(=O)Nc1cccc(F)c1. The maximum absolute atomic E-state index is 13.3. The summed E-state index contributed by atoms with van der Waals surface area (Å²) in [5, 5.41) is 15.6. The number of thioether (sulfide) groups is 1. The molecule has 0 unspecified atom stereocenters. The molecule has 9 nitrogen and oxygen atoms in total. The van der Waals surface area contributed by atoms with E-state index in [1.165, 1.54) is 22.9 Å². The summed E-state index contributed by atoms with van der Waals surface area (Å²) in [4.78, 5) is 12.1. The topological polar surface area (TPSA) is 119 Å². The van der Waals surface area contributed by atoms with Gasteiger partial charge in [-0.25, -0.2) is 14.5 Å². The first-order valence-corrected chi connectivity index (χ1v) is 12.0. The lowest BCUT2D eigenvalue weighted by Crippen LogP contribution is -2.17. The molecule has 3 aromatic carbocycles. The van der Waals surface area contributed by atoms with Crippen molar-refractivity contribution in [2.75, 3.05) is 22.3 Å². The number of carbonyl (C=O) groups is 1. The van der Waals surface area contributed by atoms with Gasteiger partial charge in [-0.2, -0.15) is 5.10 Å². The van der Waals surface area contributed by atoms with E-state index in [0.717, 1.165) is 22.9 Å². The molecule has 4 aromatic rings. The number of nitrogens with two attached hydrogens (primary N) is 1. The van der Waals surface area contributed by atoms with Crippen LogP contribution in [0.3, 0.4) is 0 Å². The molecule has 0 fully saturated rings. The van der Waals surface area contributed by atoms with E-state index in [-0.39, 0.29) is 17.6 Å². The first kappa shape index (κ1) is 25.0.